The minimum Gasteiger partial charge on any atom is -0.463 e. The molecule has 0 saturated carbocycles. The number of hydrogen-bond acceptors (Lipinski definition) is 6. The van der Waals surface area contributed by atoms with Crippen molar-refractivity contribution in [2.24, 2.45) is 5.92 Å². The second-order valence-corrected chi connectivity index (χ2v) is 5.50. The first-order valence-corrected chi connectivity index (χ1v) is 7.26. The van der Waals surface area contributed by atoms with E-state index < -0.39 is 29.5 Å². The van der Waals surface area contributed by atoms with Crippen LogP contribution in [0.4, 0.5) is 4.79 Å². The van der Waals surface area contributed by atoms with Crippen LogP contribution in [0.3, 0.4) is 0 Å². The van der Waals surface area contributed by atoms with E-state index in [9.17, 15) is 24.0 Å². The van der Waals surface area contributed by atoms with Gasteiger partial charge in [0.25, 0.3) is 0 Å². The molecule has 1 aliphatic rings. The number of imide groups is 2. The van der Waals surface area contributed by atoms with Crippen LogP contribution < -0.4 is 16.1 Å². The molecule has 0 spiro atoms. The third-order valence-corrected chi connectivity index (χ3v) is 3.66. The first-order chi connectivity index (χ1) is 11.9. The number of carbonyl (C=O) groups excluding carboxylic acids is 4. The van der Waals surface area contributed by atoms with E-state index in [0.29, 0.717) is 11.0 Å². The third kappa shape index (κ3) is 3.09. The number of hydrogen-bond donors (Lipinski definition) is 2. The highest BCUT2D eigenvalue weighted by molar-refractivity contribution is 6.29. The Morgan fingerprint density at radius 1 is 1.12 bits per heavy atom. The smallest absolute Gasteiger partial charge is 0.328 e. The van der Waals surface area contributed by atoms with Gasteiger partial charge in [-0.05, 0) is 31.2 Å². The van der Waals surface area contributed by atoms with Gasteiger partial charge in [-0.1, -0.05) is 11.6 Å². The van der Waals surface area contributed by atoms with Gasteiger partial charge in [0.05, 0.1) is 10.9 Å². The van der Waals surface area contributed by atoms with E-state index in [1.807, 2.05) is 17.6 Å². The number of urea groups is 1. The predicted octanol–water partition coefficient (Wildman–Crippen LogP) is 0.666. The van der Waals surface area contributed by atoms with Crippen LogP contribution >= 0.6 is 0 Å². The second kappa shape index (κ2) is 6.16. The van der Waals surface area contributed by atoms with Gasteiger partial charge >= 0.3 is 6.03 Å². The van der Waals surface area contributed by atoms with Crippen LogP contribution in [0.25, 0.3) is 17.0 Å². The van der Waals surface area contributed by atoms with Crippen molar-refractivity contribution in [3.05, 3.63) is 51.9 Å². The lowest BCUT2D eigenvalue weighted by Crippen LogP contribution is -2.57. The number of carbonyl (C=O) groups is 4. The first-order valence-electron chi connectivity index (χ1n) is 7.26. The van der Waals surface area contributed by atoms with Gasteiger partial charge in [-0.2, -0.15) is 0 Å². The maximum atomic E-state index is 12.4. The summed E-state index contributed by atoms with van der Waals surface area (Å²) in [6.07, 6.45) is 3.30. The summed E-state index contributed by atoms with van der Waals surface area (Å²) in [4.78, 5) is 58.7. The molecule has 0 bridgehead atoms. The highest BCUT2D eigenvalue weighted by atomic mass is 16.3. The van der Waals surface area contributed by atoms with E-state index in [1.165, 1.54) is 12.3 Å². The second-order valence-electron chi connectivity index (χ2n) is 5.50. The molecule has 0 aliphatic carbocycles. The monoisotopic (exact) mass is 340 g/mol. The van der Waals surface area contributed by atoms with Gasteiger partial charge in [-0.25, -0.2) is 4.79 Å². The molecule has 0 atom stereocenters. The summed E-state index contributed by atoms with van der Waals surface area (Å²) < 4.78 is 5.35. The third-order valence-electron chi connectivity index (χ3n) is 3.66. The molecular formula is C17H12N2O6. The van der Waals surface area contributed by atoms with Crippen molar-refractivity contribution in [3.8, 4) is 0 Å². The van der Waals surface area contributed by atoms with E-state index in [4.69, 9.17) is 4.42 Å². The van der Waals surface area contributed by atoms with Crippen molar-refractivity contribution < 1.29 is 23.6 Å². The van der Waals surface area contributed by atoms with Gasteiger partial charge in [-0.3, -0.25) is 29.8 Å². The van der Waals surface area contributed by atoms with Gasteiger partial charge in [0.1, 0.15) is 11.8 Å². The van der Waals surface area contributed by atoms with Gasteiger partial charge < -0.3 is 4.42 Å². The SMILES string of the molecule is Cc1ccc2occ(/C=C/C(=O)C3C(=O)NC(=O)NC3=O)c(=O)c2c1. The molecule has 0 radical (unpaired) electrons. The van der Waals surface area contributed by atoms with Gasteiger partial charge in [0.15, 0.2) is 17.1 Å². The largest absolute Gasteiger partial charge is 0.463 e. The van der Waals surface area contributed by atoms with Gasteiger partial charge in [-0.15, -0.1) is 0 Å². The van der Waals surface area contributed by atoms with Crippen molar-refractivity contribution in [2.45, 2.75) is 6.92 Å². The molecule has 1 aliphatic heterocycles. The first kappa shape index (κ1) is 16.3. The van der Waals surface area contributed by atoms with E-state index >= 15 is 0 Å². The van der Waals surface area contributed by atoms with E-state index in [2.05, 4.69) is 0 Å². The minimum atomic E-state index is -1.68. The molecule has 1 aromatic carbocycles. The number of allylic oxidation sites excluding steroid dienone is 1. The molecule has 8 heteroatoms. The normalized spacial score (nSPS) is 15.5. The molecule has 2 heterocycles. The van der Waals surface area contributed by atoms with Crippen molar-refractivity contribution in [1.29, 1.82) is 0 Å². The van der Waals surface area contributed by atoms with Crippen LogP contribution in [0.1, 0.15) is 11.1 Å². The Balaban J connectivity index is 1.90. The summed E-state index contributed by atoms with van der Waals surface area (Å²) in [5.74, 6) is -4.55. The fourth-order valence-corrected chi connectivity index (χ4v) is 2.42. The Hall–Kier alpha value is -3.55. The van der Waals surface area contributed by atoms with E-state index in [-0.39, 0.29) is 11.0 Å². The fraction of sp³-hybridized carbons (Fsp3) is 0.118. The summed E-state index contributed by atoms with van der Waals surface area (Å²) >= 11 is 0. The number of amides is 4. The lowest BCUT2D eigenvalue weighted by atomic mass is 9.99. The summed E-state index contributed by atoms with van der Waals surface area (Å²) in [5, 5.41) is 4.03. The molecule has 0 unspecified atom stereocenters. The fourth-order valence-electron chi connectivity index (χ4n) is 2.42. The molecule has 25 heavy (non-hydrogen) atoms. The number of aryl methyl sites for hydroxylation is 1. The molecule has 4 amide bonds. The van der Waals surface area contributed by atoms with Crippen molar-refractivity contribution >= 4 is 40.7 Å². The number of fused-ring (bicyclic) bond motifs is 1. The summed E-state index contributed by atoms with van der Waals surface area (Å²) in [5.41, 5.74) is 1.03. The van der Waals surface area contributed by atoms with Crippen molar-refractivity contribution in [1.82, 2.24) is 10.6 Å². The van der Waals surface area contributed by atoms with Gasteiger partial charge in [0.2, 0.25) is 11.8 Å². The van der Waals surface area contributed by atoms with Gasteiger partial charge in [0, 0.05) is 0 Å². The number of nitrogens with one attached hydrogen (secondary N) is 2. The number of rotatable bonds is 3. The Bertz CT molecular complexity index is 997. The predicted molar refractivity (Wildman–Crippen MR) is 86.4 cm³/mol. The topological polar surface area (TPSA) is 123 Å². The minimum absolute atomic E-state index is 0.0964. The Morgan fingerprint density at radius 2 is 1.80 bits per heavy atom. The lowest BCUT2D eigenvalue weighted by Gasteiger charge is -2.18. The molecule has 8 nitrogen and oxygen atoms in total. The zero-order chi connectivity index (χ0) is 18.1. The van der Waals surface area contributed by atoms with Crippen LogP contribution in [0.5, 0.6) is 0 Å². The standard InChI is InChI=1S/C17H12N2O6/c1-8-2-5-12-10(6-8)14(21)9(7-25-12)3-4-11(20)13-15(22)18-17(24)19-16(13)23/h2-7,13H,1H3,(H2,18,19,22,23,24)/b4-3+. The van der Waals surface area contributed by atoms with E-state index in [0.717, 1.165) is 11.6 Å². The average molecular weight is 340 g/mol. The highest BCUT2D eigenvalue weighted by Crippen LogP contribution is 2.14. The summed E-state index contributed by atoms with van der Waals surface area (Å²) in [6, 6.07) is 4.15. The summed E-state index contributed by atoms with van der Waals surface area (Å²) in [6.45, 7) is 1.83. The van der Waals surface area contributed by atoms with E-state index in [1.54, 1.807) is 18.2 Å². The maximum Gasteiger partial charge on any atom is 0.328 e. The molecular weight excluding hydrogens is 328 g/mol. The zero-order valence-electron chi connectivity index (χ0n) is 13.0. The Kier molecular flexibility index (Phi) is 4.02. The molecule has 1 fully saturated rings. The van der Waals surface area contributed by atoms with Crippen LogP contribution in [-0.4, -0.2) is 23.6 Å². The van der Waals surface area contributed by atoms with Crippen LogP contribution in [0.2, 0.25) is 0 Å². The average Bonchev–Trinajstić information content (AvgIpc) is 2.54. The van der Waals surface area contributed by atoms with Crippen LogP contribution in [0, 0.1) is 12.8 Å². The van der Waals surface area contributed by atoms with Crippen molar-refractivity contribution in [2.75, 3.05) is 0 Å². The summed E-state index contributed by atoms with van der Waals surface area (Å²) in [7, 11) is 0. The molecule has 2 aromatic rings. The zero-order valence-corrected chi connectivity index (χ0v) is 13.0. The van der Waals surface area contributed by atoms with Crippen LogP contribution in [0.15, 0.2) is 39.7 Å². The molecule has 126 valence electrons. The van der Waals surface area contributed by atoms with Crippen LogP contribution in [-0.2, 0) is 14.4 Å². The maximum absolute atomic E-state index is 12.4. The Morgan fingerprint density at radius 3 is 2.48 bits per heavy atom. The number of benzene rings is 1. The molecule has 2 N–H and O–H groups in total. The van der Waals surface area contributed by atoms with Crippen molar-refractivity contribution in [3.63, 3.8) is 0 Å². The number of ketones is 1. The quantitative estimate of drug-likeness (QED) is 0.625. The number of barbiturate groups is 1. The Labute approximate surface area is 140 Å². The lowest BCUT2D eigenvalue weighted by molar-refractivity contribution is -0.140. The molecule has 3 rings (SSSR count). The highest BCUT2D eigenvalue weighted by Gasteiger charge is 2.38. The molecule has 1 aromatic heterocycles. The molecule has 1 saturated heterocycles.